The summed E-state index contributed by atoms with van der Waals surface area (Å²) in [5, 5.41) is 8.95. The van der Waals surface area contributed by atoms with Gasteiger partial charge in [0.25, 0.3) is 0 Å². The van der Waals surface area contributed by atoms with E-state index in [0.29, 0.717) is 0 Å². The first-order chi connectivity index (χ1) is 6.61. The van der Waals surface area contributed by atoms with E-state index in [9.17, 15) is 4.79 Å². The summed E-state index contributed by atoms with van der Waals surface area (Å²) in [6.07, 6.45) is 3.30. The quantitative estimate of drug-likeness (QED) is 0.643. The minimum Gasteiger partial charge on any atom is -0.463 e. The fourth-order valence-electron chi connectivity index (χ4n) is 1.26. The van der Waals surface area contributed by atoms with Gasteiger partial charge in [-0.2, -0.15) is 0 Å². The fraction of sp³-hybridized carbons (Fsp3) is 0.909. The number of ether oxygens (including phenoxy) is 1. The molecule has 0 aliphatic heterocycles. The zero-order valence-electron chi connectivity index (χ0n) is 9.45. The molecule has 0 aromatic carbocycles. The number of aliphatic hydroxyl groups excluding tert-OH is 1. The maximum absolute atomic E-state index is 11.5. The Morgan fingerprint density at radius 1 is 1.43 bits per heavy atom. The summed E-state index contributed by atoms with van der Waals surface area (Å²) in [5.41, 5.74) is 0. The lowest BCUT2D eigenvalue weighted by atomic mass is 10.00. The van der Waals surface area contributed by atoms with Gasteiger partial charge in [-0.15, -0.1) is 0 Å². The first-order valence-corrected chi connectivity index (χ1v) is 5.46. The molecular weight excluding hydrogens is 180 g/mol. The average Bonchev–Trinajstić information content (AvgIpc) is 2.16. The van der Waals surface area contributed by atoms with Gasteiger partial charge in [-0.3, -0.25) is 4.79 Å². The molecule has 14 heavy (non-hydrogen) atoms. The van der Waals surface area contributed by atoms with Crippen molar-refractivity contribution in [3.05, 3.63) is 0 Å². The number of hydrogen-bond donors (Lipinski definition) is 1. The van der Waals surface area contributed by atoms with Crippen LogP contribution in [0.4, 0.5) is 0 Å². The molecule has 84 valence electrons. The lowest BCUT2D eigenvalue weighted by Crippen LogP contribution is -2.21. The number of rotatable bonds is 7. The summed E-state index contributed by atoms with van der Waals surface area (Å²) in [4.78, 5) is 11.5. The van der Waals surface area contributed by atoms with Crippen LogP contribution in [-0.2, 0) is 9.53 Å². The van der Waals surface area contributed by atoms with Gasteiger partial charge in [0.15, 0.2) is 0 Å². The Kier molecular flexibility index (Phi) is 7.48. The van der Waals surface area contributed by atoms with Gasteiger partial charge in [-0.25, -0.2) is 0 Å². The molecule has 0 spiro atoms. The molecule has 0 aliphatic rings. The van der Waals surface area contributed by atoms with Crippen molar-refractivity contribution >= 4 is 5.97 Å². The van der Waals surface area contributed by atoms with Crippen molar-refractivity contribution < 1.29 is 14.6 Å². The molecule has 0 bridgehead atoms. The molecule has 0 saturated heterocycles. The fourth-order valence-corrected chi connectivity index (χ4v) is 1.26. The maximum Gasteiger partial charge on any atom is 0.309 e. The molecule has 0 amide bonds. The van der Waals surface area contributed by atoms with E-state index in [1.54, 1.807) is 6.92 Å². The zero-order chi connectivity index (χ0) is 11.0. The van der Waals surface area contributed by atoms with Crippen LogP contribution >= 0.6 is 0 Å². The topological polar surface area (TPSA) is 46.5 Å². The van der Waals surface area contributed by atoms with Crippen LogP contribution in [0.1, 0.15) is 46.5 Å². The van der Waals surface area contributed by atoms with Crippen LogP contribution in [0.15, 0.2) is 0 Å². The molecule has 0 rings (SSSR count). The van der Waals surface area contributed by atoms with Crippen molar-refractivity contribution in [1.29, 1.82) is 0 Å². The normalized spacial score (nSPS) is 14.9. The Balaban J connectivity index is 3.79. The first-order valence-electron chi connectivity index (χ1n) is 5.46. The van der Waals surface area contributed by atoms with Crippen LogP contribution in [0.25, 0.3) is 0 Å². The van der Waals surface area contributed by atoms with Gasteiger partial charge in [-0.1, -0.05) is 26.7 Å². The van der Waals surface area contributed by atoms with E-state index in [0.717, 1.165) is 25.7 Å². The molecule has 0 unspecified atom stereocenters. The molecule has 1 N–H and O–H groups in total. The summed E-state index contributed by atoms with van der Waals surface area (Å²) in [5.74, 6) is -0.157. The molecule has 0 fully saturated rings. The third kappa shape index (κ3) is 5.97. The average molecular weight is 202 g/mol. The predicted octanol–water partition coefficient (Wildman–Crippen LogP) is 2.13. The second-order valence-corrected chi connectivity index (χ2v) is 3.73. The summed E-state index contributed by atoms with van der Waals surface area (Å²) in [7, 11) is 0. The minimum atomic E-state index is -0.567. The van der Waals surface area contributed by atoms with Crippen LogP contribution in [-0.4, -0.2) is 23.8 Å². The number of hydrogen-bond acceptors (Lipinski definition) is 3. The predicted molar refractivity (Wildman–Crippen MR) is 55.9 cm³/mol. The van der Waals surface area contributed by atoms with Crippen molar-refractivity contribution in [2.75, 3.05) is 6.61 Å². The van der Waals surface area contributed by atoms with E-state index in [4.69, 9.17) is 9.84 Å². The van der Waals surface area contributed by atoms with Gasteiger partial charge < -0.3 is 9.84 Å². The Morgan fingerprint density at radius 3 is 2.50 bits per heavy atom. The summed E-state index contributed by atoms with van der Waals surface area (Å²) in [6.45, 7) is 5.82. The smallest absolute Gasteiger partial charge is 0.309 e. The minimum absolute atomic E-state index is 0.00806. The Labute approximate surface area is 86.5 Å². The highest BCUT2D eigenvalue weighted by Gasteiger charge is 2.17. The molecule has 0 aliphatic carbocycles. The van der Waals surface area contributed by atoms with Gasteiger partial charge in [0.1, 0.15) is 6.61 Å². The molecule has 0 saturated carbocycles. The molecule has 3 heteroatoms. The van der Waals surface area contributed by atoms with Crippen LogP contribution in [0.5, 0.6) is 0 Å². The van der Waals surface area contributed by atoms with Gasteiger partial charge in [0, 0.05) is 0 Å². The van der Waals surface area contributed by atoms with E-state index in [2.05, 4.69) is 6.92 Å². The summed E-state index contributed by atoms with van der Waals surface area (Å²) in [6, 6.07) is 0. The zero-order valence-corrected chi connectivity index (χ0v) is 9.45. The van der Waals surface area contributed by atoms with Gasteiger partial charge in [-0.05, 0) is 19.8 Å². The second kappa shape index (κ2) is 7.80. The van der Waals surface area contributed by atoms with Crippen molar-refractivity contribution in [2.24, 2.45) is 5.92 Å². The van der Waals surface area contributed by atoms with Gasteiger partial charge >= 0.3 is 5.97 Å². The molecule has 0 aromatic rings. The SMILES string of the molecule is CCCC[C@@H](CC)C(=O)OC[C@@H](C)O. The Hall–Kier alpha value is -0.570. The van der Waals surface area contributed by atoms with Crippen molar-refractivity contribution in [1.82, 2.24) is 0 Å². The summed E-state index contributed by atoms with van der Waals surface area (Å²) >= 11 is 0. The van der Waals surface area contributed by atoms with Gasteiger partial charge in [0.05, 0.1) is 12.0 Å². The van der Waals surface area contributed by atoms with Crippen LogP contribution in [0, 0.1) is 5.92 Å². The van der Waals surface area contributed by atoms with E-state index >= 15 is 0 Å². The van der Waals surface area contributed by atoms with E-state index < -0.39 is 6.10 Å². The van der Waals surface area contributed by atoms with E-state index in [1.165, 1.54) is 0 Å². The highest BCUT2D eigenvalue weighted by atomic mass is 16.5. The standard InChI is InChI=1S/C11H22O3/c1-4-6-7-10(5-2)11(13)14-8-9(3)12/h9-10,12H,4-8H2,1-3H3/t9-,10-/m1/s1. The lowest BCUT2D eigenvalue weighted by Gasteiger charge is -2.14. The monoisotopic (exact) mass is 202 g/mol. The highest BCUT2D eigenvalue weighted by Crippen LogP contribution is 2.14. The number of carbonyl (C=O) groups excluding carboxylic acids is 1. The molecule has 2 atom stereocenters. The Bertz CT molecular complexity index is 155. The van der Waals surface area contributed by atoms with Crippen molar-refractivity contribution in [3.8, 4) is 0 Å². The maximum atomic E-state index is 11.5. The summed E-state index contributed by atoms with van der Waals surface area (Å²) < 4.78 is 4.96. The number of unbranched alkanes of at least 4 members (excludes halogenated alkanes) is 1. The largest absolute Gasteiger partial charge is 0.463 e. The third-order valence-electron chi connectivity index (χ3n) is 2.20. The first kappa shape index (κ1) is 13.4. The van der Waals surface area contributed by atoms with Crippen molar-refractivity contribution in [2.45, 2.75) is 52.6 Å². The molecule has 0 heterocycles. The third-order valence-corrected chi connectivity index (χ3v) is 2.20. The molecular formula is C11H22O3. The number of aliphatic hydroxyl groups is 1. The molecule has 3 nitrogen and oxygen atoms in total. The van der Waals surface area contributed by atoms with Gasteiger partial charge in [0.2, 0.25) is 0 Å². The van der Waals surface area contributed by atoms with Crippen molar-refractivity contribution in [3.63, 3.8) is 0 Å². The van der Waals surface area contributed by atoms with Crippen LogP contribution < -0.4 is 0 Å². The van der Waals surface area contributed by atoms with E-state index in [-0.39, 0.29) is 18.5 Å². The highest BCUT2D eigenvalue weighted by molar-refractivity contribution is 5.72. The van der Waals surface area contributed by atoms with Crippen LogP contribution in [0.3, 0.4) is 0 Å². The number of esters is 1. The second-order valence-electron chi connectivity index (χ2n) is 3.73. The van der Waals surface area contributed by atoms with Crippen LogP contribution in [0.2, 0.25) is 0 Å². The number of carbonyl (C=O) groups is 1. The van der Waals surface area contributed by atoms with E-state index in [1.807, 2.05) is 6.92 Å². The molecule has 0 aromatic heterocycles. The lowest BCUT2D eigenvalue weighted by molar-refractivity contribution is -0.151. The Morgan fingerprint density at radius 2 is 2.07 bits per heavy atom. The molecule has 0 radical (unpaired) electrons.